The second-order valence-electron chi connectivity index (χ2n) is 18.5. The first-order valence-corrected chi connectivity index (χ1v) is 25.1. The third-order valence-electron chi connectivity index (χ3n) is 13.0. The second-order valence-corrected chi connectivity index (χ2v) is 18.9. The molecule has 73 heavy (non-hydrogen) atoms. The Bertz CT molecular complexity index is 2350. The van der Waals surface area contributed by atoms with Crippen molar-refractivity contribution in [2.75, 3.05) is 5.75 Å². The van der Waals surface area contributed by atoms with E-state index in [1.165, 1.54) is 0 Å². The highest BCUT2D eigenvalue weighted by Gasteiger charge is 2.42. The van der Waals surface area contributed by atoms with Crippen LogP contribution in [-0.4, -0.2) is 123 Å². The maximum atomic E-state index is 15.0. The molecule has 3 aromatic carbocycles. The van der Waals surface area contributed by atoms with Gasteiger partial charge in [-0.05, 0) is 48.3 Å². The fourth-order valence-electron chi connectivity index (χ4n) is 9.12. The molecule has 0 heterocycles. The van der Waals surface area contributed by atoms with Crippen LogP contribution in [0.5, 0.6) is 0 Å². The maximum Gasteiger partial charge on any atom is 0.305 e. The summed E-state index contributed by atoms with van der Waals surface area (Å²) >= 11 is 4.37. The number of aliphatic carboxylic acids is 3. The van der Waals surface area contributed by atoms with Crippen molar-refractivity contribution in [2.24, 2.45) is 5.92 Å². The van der Waals surface area contributed by atoms with Gasteiger partial charge in [0, 0.05) is 43.4 Å². The fraction of sp³-hybridized carbons (Fsp3) is 0.462. The number of amides is 7. The summed E-state index contributed by atoms with van der Waals surface area (Å²) in [4.78, 5) is 133. The monoisotopic (exact) mass is 1030 g/mol. The van der Waals surface area contributed by atoms with E-state index in [-0.39, 0.29) is 30.1 Å². The number of thiol groups is 1. The molecule has 2 unspecified atom stereocenters. The van der Waals surface area contributed by atoms with Gasteiger partial charge in [0.25, 0.3) is 0 Å². The van der Waals surface area contributed by atoms with Crippen molar-refractivity contribution in [2.45, 2.75) is 138 Å². The number of carbonyl (C=O) groups is 10. The Balaban J connectivity index is 1.45. The Morgan fingerprint density at radius 1 is 0.534 bits per heavy atom. The molecule has 0 saturated heterocycles. The summed E-state index contributed by atoms with van der Waals surface area (Å²) in [6, 6.07) is 17.3. The molecule has 0 aliphatic heterocycles. The minimum absolute atomic E-state index is 0.00235. The summed E-state index contributed by atoms with van der Waals surface area (Å²) in [7, 11) is 0. The van der Waals surface area contributed by atoms with Crippen molar-refractivity contribution < 1.29 is 63.3 Å². The third-order valence-corrected chi connectivity index (χ3v) is 13.3. The standard InChI is InChI=1S/C52H65N7O13S/c1-30(60)53-40(28-44(65)66)50(70)54-37(23-25-43(63)64)48(68)59-46(45(33-18-10-4-11-19-33)34-20-12-5-13-21-34)52(72)55-36(22-24-42(61)62)47(67)57-39(26-31-14-6-2-7-15-31)49(69)58-41(29-73)51(71)56-38-27-35(38)32-16-8-3-9-17-32/h3-5,8-13,16-21,31,35-41,45-46,73H,2,6-7,14-15,22-29H2,1H3,(H,53,60)(H,54,70)(H,55,72)(H,56,71)(H,57,67)(H,58,69)(H,59,68)(H,61,62)(H,63,64)(H,65,66)/t35?,36-,37-,38?,39-,40-,41-,46-/m0/s1. The van der Waals surface area contributed by atoms with Crippen molar-refractivity contribution in [1.82, 2.24) is 37.2 Å². The summed E-state index contributed by atoms with van der Waals surface area (Å²) in [6.45, 7) is 1.04. The zero-order valence-electron chi connectivity index (χ0n) is 40.5. The molecule has 8 atom stereocenters. The van der Waals surface area contributed by atoms with E-state index in [4.69, 9.17) is 0 Å². The van der Waals surface area contributed by atoms with Gasteiger partial charge in [-0.3, -0.25) is 47.9 Å². The highest BCUT2D eigenvalue weighted by atomic mass is 32.1. The van der Waals surface area contributed by atoms with Crippen LogP contribution < -0.4 is 37.2 Å². The quantitative estimate of drug-likeness (QED) is 0.0467. The molecule has 2 saturated carbocycles. The number of rotatable bonds is 28. The summed E-state index contributed by atoms with van der Waals surface area (Å²) in [6.07, 6.45) is 1.96. The lowest BCUT2D eigenvalue weighted by Gasteiger charge is -2.32. The summed E-state index contributed by atoms with van der Waals surface area (Å²) < 4.78 is 0. The lowest BCUT2D eigenvalue weighted by Crippen LogP contribution is -2.61. The predicted octanol–water partition coefficient (Wildman–Crippen LogP) is 2.52. The molecule has 2 aliphatic carbocycles. The zero-order valence-corrected chi connectivity index (χ0v) is 41.4. The van der Waals surface area contributed by atoms with Gasteiger partial charge >= 0.3 is 17.9 Å². The molecular weight excluding hydrogens is 963 g/mol. The van der Waals surface area contributed by atoms with Gasteiger partial charge in [-0.1, -0.05) is 123 Å². The predicted molar refractivity (Wildman–Crippen MR) is 269 cm³/mol. The minimum Gasteiger partial charge on any atom is -0.481 e. The van der Waals surface area contributed by atoms with Gasteiger partial charge in [-0.15, -0.1) is 0 Å². The molecule has 0 spiro atoms. The van der Waals surface area contributed by atoms with Crippen LogP contribution in [-0.2, 0) is 47.9 Å². The fourth-order valence-corrected chi connectivity index (χ4v) is 9.38. The van der Waals surface area contributed by atoms with Crippen LogP contribution in [0.25, 0.3) is 0 Å². The van der Waals surface area contributed by atoms with Crippen LogP contribution in [0, 0.1) is 5.92 Å². The average Bonchev–Trinajstić information content (AvgIpc) is 4.14. The van der Waals surface area contributed by atoms with Gasteiger partial charge in [0.15, 0.2) is 0 Å². The molecule has 0 bridgehead atoms. The molecule has 2 aliphatic rings. The Hall–Kier alpha value is -7.29. The summed E-state index contributed by atoms with van der Waals surface area (Å²) in [5, 5.41) is 47.1. The molecule has 2 fully saturated rings. The van der Waals surface area contributed by atoms with E-state index in [9.17, 15) is 58.5 Å². The molecule has 10 N–H and O–H groups in total. The maximum absolute atomic E-state index is 15.0. The van der Waals surface area contributed by atoms with E-state index >= 15 is 4.79 Å². The van der Waals surface area contributed by atoms with Gasteiger partial charge < -0.3 is 52.5 Å². The molecule has 21 heteroatoms. The van der Waals surface area contributed by atoms with E-state index in [0.29, 0.717) is 17.5 Å². The SMILES string of the molecule is CC(=O)N[C@@H](CC(=O)O)C(=O)N[C@@H](CCC(=O)O)C(=O)N[C@H](C(=O)N[C@@H](CCC(=O)O)C(=O)N[C@@H](CC1CCCCC1)C(=O)N[C@@H](CS)C(=O)NC1CC1c1ccccc1)C(c1ccccc1)c1ccccc1. The first-order chi connectivity index (χ1) is 34.9. The molecule has 0 radical (unpaired) electrons. The normalized spacial score (nSPS) is 17.7. The van der Waals surface area contributed by atoms with Crippen LogP contribution in [0.4, 0.5) is 0 Å². The smallest absolute Gasteiger partial charge is 0.305 e. The topological polar surface area (TPSA) is 316 Å². The molecule has 20 nitrogen and oxygen atoms in total. The number of carboxylic acid groups (broad SMARTS) is 3. The second kappa shape index (κ2) is 28.1. The van der Waals surface area contributed by atoms with E-state index in [0.717, 1.165) is 44.6 Å². The Morgan fingerprint density at radius 3 is 1.51 bits per heavy atom. The highest BCUT2D eigenvalue weighted by Crippen LogP contribution is 2.40. The number of hydrogen-bond donors (Lipinski definition) is 11. The Kier molecular flexibility index (Phi) is 21.8. The minimum atomic E-state index is -1.72. The number of carboxylic acids is 3. The molecule has 3 aromatic rings. The Morgan fingerprint density at radius 2 is 1.00 bits per heavy atom. The number of benzene rings is 3. The lowest BCUT2D eigenvalue weighted by atomic mass is 9.84. The van der Waals surface area contributed by atoms with Crippen LogP contribution in [0.15, 0.2) is 91.0 Å². The van der Waals surface area contributed by atoms with Crippen molar-refractivity contribution in [3.05, 3.63) is 108 Å². The number of nitrogens with one attached hydrogen (secondary N) is 7. The van der Waals surface area contributed by atoms with Gasteiger partial charge in [0.1, 0.15) is 36.3 Å². The highest BCUT2D eigenvalue weighted by molar-refractivity contribution is 7.80. The van der Waals surface area contributed by atoms with E-state index in [1.807, 2.05) is 30.3 Å². The Labute approximate surface area is 428 Å². The van der Waals surface area contributed by atoms with E-state index in [2.05, 4.69) is 49.8 Å². The van der Waals surface area contributed by atoms with Crippen LogP contribution in [0.2, 0.25) is 0 Å². The molecule has 392 valence electrons. The van der Waals surface area contributed by atoms with Crippen molar-refractivity contribution in [3.63, 3.8) is 0 Å². The summed E-state index contributed by atoms with van der Waals surface area (Å²) in [5.74, 6) is -11.3. The number of carbonyl (C=O) groups excluding carboxylic acids is 7. The first kappa shape index (κ1) is 56.6. The van der Waals surface area contributed by atoms with Gasteiger partial charge in [-0.2, -0.15) is 12.6 Å². The molecular formula is C52H65N7O13S. The largest absolute Gasteiger partial charge is 0.481 e. The van der Waals surface area contributed by atoms with Crippen molar-refractivity contribution >= 4 is 71.9 Å². The van der Waals surface area contributed by atoms with E-state index < -0.39 is 134 Å². The van der Waals surface area contributed by atoms with Crippen molar-refractivity contribution in [1.29, 1.82) is 0 Å². The summed E-state index contributed by atoms with van der Waals surface area (Å²) in [5.41, 5.74) is 2.02. The lowest BCUT2D eigenvalue weighted by molar-refractivity contribution is -0.141. The van der Waals surface area contributed by atoms with E-state index in [1.54, 1.807) is 60.7 Å². The van der Waals surface area contributed by atoms with Gasteiger partial charge in [0.05, 0.1) is 6.42 Å². The van der Waals surface area contributed by atoms with Gasteiger partial charge in [0.2, 0.25) is 41.4 Å². The molecule has 7 amide bonds. The van der Waals surface area contributed by atoms with Crippen LogP contribution in [0.3, 0.4) is 0 Å². The molecule has 0 aromatic heterocycles. The van der Waals surface area contributed by atoms with Crippen LogP contribution >= 0.6 is 12.6 Å². The zero-order chi connectivity index (χ0) is 53.0. The third kappa shape index (κ3) is 18.1. The molecule has 5 rings (SSSR count). The number of hydrogen-bond acceptors (Lipinski definition) is 11. The van der Waals surface area contributed by atoms with Gasteiger partial charge in [-0.25, -0.2) is 0 Å². The van der Waals surface area contributed by atoms with Crippen LogP contribution in [0.1, 0.15) is 112 Å². The average molecular weight is 1030 g/mol. The first-order valence-electron chi connectivity index (χ1n) is 24.4. The van der Waals surface area contributed by atoms with Crippen molar-refractivity contribution in [3.8, 4) is 0 Å².